The van der Waals surface area contributed by atoms with Gasteiger partial charge < -0.3 is 5.73 Å². The number of hydrogen-bond acceptors (Lipinski definition) is 3. The molecular formula is C10H10ClN3O. The Labute approximate surface area is 92.3 Å². The first-order valence-electron chi connectivity index (χ1n) is 4.49. The second-order valence-electron chi connectivity index (χ2n) is 3.46. The minimum atomic E-state index is -0.130. The normalized spacial score (nSPS) is 15.7. The van der Waals surface area contributed by atoms with Crippen LogP contribution in [0.2, 0.25) is 5.02 Å². The van der Waals surface area contributed by atoms with Crippen molar-refractivity contribution in [2.45, 2.75) is 13.3 Å². The minimum Gasteiger partial charge on any atom is -0.385 e. The first kappa shape index (κ1) is 9.98. The lowest BCUT2D eigenvalue weighted by Crippen LogP contribution is -2.19. The number of nitrogens with two attached hydrogens (primary N) is 1. The van der Waals surface area contributed by atoms with E-state index >= 15 is 0 Å². The molecule has 0 radical (unpaired) electrons. The molecule has 0 atom stereocenters. The van der Waals surface area contributed by atoms with Crippen LogP contribution in [0.3, 0.4) is 0 Å². The Morgan fingerprint density at radius 1 is 1.47 bits per heavy atom. The Hall–Kier alpha value is -1.55. The second-order valence-corrected chi connectivity index (χ2v) is 3.90. The van der Waals surface area contributed by atoms with Crippen molar-refractivity contribution in [1.29, 1.82) is 0 Å². The smallest absolute Gasteiger partial charge is 0.255 e. The van der Waals surface area contributed by atoms with E-state index < -0.39 is 0 Å². The van der Waals surface area contributed by atoms with Crippen molar-refractivity contribution in [3.63, 3.8) is 0 Å². The summed E-state index contributed by atoms with van der Waals surface area (Å²) in [6, 6.07) is 5.35. The van der Waals surface area contributed by atoms with Gasteiger partial charge in [-0.3, -0.25) is 4.79 Å². The number of amides is 1. The second kappa shape index (κ2) is 3.55. The van der Waals surface area contributed by atoms with Crippen LogP contribution in [0.15, 0.2) is 23.3 Å². The lowest BCUT2D eigenvalue weighted by Gasteiger charge is -2.12. The third-order valence-corrected chi connectivity index (χ3v) is 2.29. The van der Waals surface area contributed by atoms with E-state index in [-0.39, 0.29) is 12.3 Å². The molecule has 0 saturated carbocycles. The van der Waals surface area contributed by atoms with E-state index in [2.05, 4.69) is 5.10 Å². The molecule has 5 heteroatoms. The van der Waals surface area contributed by atoms with E-state index in [0.29, 0.717) is 16.5 Å². The summed E-state index contributed by atoms with van der Waals surface area (Å²) in [6.07, 6.45) is 0.172. The molecule has 0 saturated heterocycles. The van der Waals surface area contributed by atoms with E-state index in [4.69, 9.17) is 17.3 Å². The molecule has 0 aliphatic carbocycles. The van der Waals surface area contributed by atoms with E-state index in [0.717, 1.165) is 5.56 Å². The molecule has 1 aromatic rings. The summed E-state index contributed by atoms with van der Waals surface area (Å²) in [7, 11) is 0. The molecule has 2 N–H and O–H groups in total. The number of carbonyl (C=O) groups is 1. The number of amidine groups is 1. The van der Waals surface area contributed by atoms with Crippen LogP contribution >= 0.6 is 11.6 Å². The van der Waals surface area contributed by atoms with Gasteiger partial charge >= 0.3 is 0 Å². The summed E-state index contributed by atoms with van der Waals surface area (Å²) in [6.45, 7) is 1.91. The number of nitrogens with zero attached hydrogens (tertiary/aromatic N) is 2. The molecule has 15 heavy (non-hydrogen) atoms. The van der Waals surface area contributed by atoms with E-state index in [1.807, 2.05) is 19.1 Å². The van der Waals surface area contributed by atoms with Crippen LogP contribution in [-0.2, 0) is 4.79 Å². The van der Waals surface area contributed by atoms with Crippen molar-refractivity contribution in [2.24, 2.45) is 10.8 Å². The number of anilines is 1. The van der Waals surface area contributed by atoms with Gasteiger partial charge in [0.2, 0.25) is 0 Å². The Kier molecular flexibility index (Phi) is 2.36. The molecule has 0 fully saturated rings. The van der Waals surface area contributed by atoms with Crippen LogP contribution in [0.5, 0.6) is 0 Å². The average Bonchev–Trinajstić information content (AvgIpc) is 2.43. The highest BCUT2D eigenvalue weighted by atomic mass is 35.5. The summed E-state index contributed by atoms with van der Waals surface area (Å²) in [5, 5.41) is 5.81. The van der Waals surface area contributed by atoms with Crippen LogP contribution in [0, 0.1) is 6.92 Å². The van der Waals surface area contributed by atoms with Crippen LogP contribution in [0.1, 0.15) is 12.0 Å². The fourth-order valence-corrected chi connectivity index (χ4v) is 1.77. The minimum absolute atomic E-state index is 0.130. The van der Waals surface area contributed by atoms with Crippen LogP contribution < -0.4 is 10.7 Å². The maximum absolute atomic E-state index is 11.5. The zero-order valence-electron chi connectivity index (χ0n) is 8.20. The van der Waals surface area contributed by atoms with Crippen molar-refractivity contribution >= 4 is 29.0 Å². The Morgan fingerprint density at radius 2 is 2.20 bits per heavy atom. The van der Waals surface area contributed by atoms with Gasteiger partial charge in [0.15, 0.2) is 0 Å². The van der Waals surface area contributed by atoms with Gasteiger partial charge in [0.25, 0.3) is 5.91 Å². The van der Waals surface area contributed by atoms with Crippen LogP contribution in [-0.4, -0.2) is 11.7 Å². The summed E-state index contributed by atoms with van der Waals surface area (Å²) in [4.78, 5) is 11.5. The largest absolute Gasteiger partial charge is 0.385 e. The number of rotatable bonds is 1. The maximum Gasteiger partial charge on any atom is 0.255 e. The summed E-state index contributed by atoms with van der Waals surface area (Å²) in [5.74, 6) is 0.201. The zero-order valence-corrected chi connectivity index (χ0v) is 8.95. The Balaban J connectivity index is 2.41. The lowest BCUT2D eigenvalue weighted by atomic mass is 10.2. The van der Waals surface area contributed by atoms with Crippen molar-refractivity contribution in [3.8, 4) is 0 Å². The first-order valence-corrected chi connectivity index (χ1v) is 4.87. The maximum atomic E-state index is 11.5. The summed E-state index contributed by atoms with van der Waals surface area (Å²) in [5.41, 5.74) is 7.12. The Bertz CT molecular complexity index is 436. The van der Waals surface area contributed by atoms with Crippen molar-refractivity contribution in [1.82, 2.24) is 0 Å². The predicted octanol–water partition coefficient (Wildman–Crippen LogP) is 1.66. The molecule has 1 aliphatic heterocycles. The van der Waals surface area contributed by atoms with Gasteiger partial charge in [-0.05, 0) is 30.7 Å². The fourth-order valence-electron chi connectivity index (χ4n) is 1.49. The van der Waals surface area contributed by atoms with Gasteiger partial charge in [-0.15, -0.1) is 0 Å². The quantitative estimate of drug-likeness (QED) is 0.787. The van der Waals surface area contributed by atoms with Crippen LogP contribution in [0.25, 0.3) is 0 Å². The SMILES string of the molecule is Cc1cc(Cl)cc(N2N=C(N)CC2=O)c1. The third kappa shape index (κ3) is 1.94. The molecule has 2 rings (SSSR count). The Morgan fingerprint density at radius 3 is 2.73 bits per heavy atom. The van der Waals surface area contributed by atoms with Gasteiger partial charge in [0, 0.05) is 5.02 Å². The number of aryl methyl sites for hydroxylation is 1. The highest BCUT2D eigenvalue weighted by Gasteiger charge is 2.23. The van der Waals surface area contributed by atoms with Crippen LogP contribution in [0.4, 0.5) is 5.69 Å². The van der Waals surface area contributed by atoms with E-state index in [9.17, 15) is 4.79 Å². The van der Waals surface area contributed by atoms with E-state index in [1.54, 1.807) is 6.07 Å². The number of carbonyl (C=O) groups excluding carboxylic acids is 1. The van der Waals surface area contributed by atoms with E-state index in [1.165, 1.54) is 5.01 Å². The van der Waals surface area contributed by atoms with Crippen molar-refractivity contribution in [2.75, 3.05) is 5.01 Å². The number of hydrazone groups is 1. The van der Waals surface area contributed by atoms with Gasteiger partial charge in [0.05, 0.1) is 12.1 Å². The molecule has 0 unspecified atom stereocenters. The molecule has 1 aliphatic rings. The fraction of sp³-hybridized carbons (Fsp3) is 0.200. The van der Waals surface area contributed by atoms with Gasteiger partial charge in [0.1, 0.15) is 5.84 Å². The molecule has 0 bridgehead atoms. The first-order chi connectivity index (χ1) is 7.06. The van der Waals surface area contributed by atoms with Gasteiger partial charge in [-0.25, -0.2) is 0 Å². The molecule has 78 valence electrons. The molecule has 1 heterocycles. The van der Waals surface area contributed by atoms with Crippen molar-refractivity contribution in [3.05, 3.63) is 28.8 Å². The summed E-state index contributed by atoms with van der Waals surface area (Å²) < 4.78 is 0. The van der Waals surface area contributed by atoms with Gasteiger partial charge in [-0.2, -0.15) is 10.1 Å². The number of halogens is 1. The molecular weight excluding hydrogens is 214 g/mol. The molecule has 1 amide bonds. The monoisotopic (exact) mass is 223 g/mol. The molecule has 0 aromatic heterocycles. The highest BCUT2D eigenvalue weighted by molar-refractivity contribution is 6.31. The predicted molar refractivity (Wildman–Crippen MR) is 59.9 cm³/mol. The molecule has 1 aromatic carbocycles. The standard InChI is InChI=1S/C10H10ClN3O/c1-6-2-7(11)4-8(3-6)14-10(15)5-9(12)13-14/h2-4H,5H2,1H3,(H2,12,13). The van der Waals surface area contributed by atoms with Gasteiger partial charge in [-0.1, -0.05) is 11.6 Å². The number of benzene rings is 1. The zero-order chi connectivity index (χ0) is 11.0. The molecule has 0 spiro atoms. The summed E-state index contributed by atoms with van der Waals surface area (Å²) >= 11 is 5.89. The molecule has 4 nitrogen and oxygen atoms in total. The number of hydrogen-bond donors (Lipinski definition) is 1. The average molecular weight is 224 g/mol. The third-order valence-electron chi connectivity index (χ3n) is 2.07. The lowest BCUT2D eigenvalue weighted by molar-refractivity contribution is -0.116. The topological polar surface area (TPSA) is 58.7 Å². The highest BCUT2D eigenvalue weighted by Crippen LogP contribution is 2.24. The van der Waals surface area contributed by atoms with Crippen molar-refractivity contribution < 1.29 is 4.79 Å².